The van der Waals surface area contributed by atoms with Gasteiger partial charge >= 0.3 is 0 Å². The lowest BCUT2D eigenvalue weighted by Crippen LogP contribution is -2.66. The summed E-state index contributed by atoms with van der Waals surface area (Å²) in [5.74, 6) is 0. The summed E-state index contributed by atoms with van der Waals surface area (Å²) in [6.45, 7) is 16.7. The average molecular weight is 503 g/mol. The van der Waals surface area contributed by atoms with Crippen molar-refractivity contribution < 1.29 is 4.43 Å². The van der Waals surface area contributed by atoms with E-state index in [1.54, 1.807) is 5.57 Å². The van der Waals surface area contributed by atoms with E-state index in [2.05, 4.69) is 127 Å². The Hall–Kier alpha value is -2.16. The topological polar surface area (TPSA) is 9.23 Å². The molecule has 36 heavy (non-hydrogen) atoms. The summed E-state index contributed by atoms with van der Waals surface area (Å²) in [6, 6.07) is 21.9. The second kappa shape index (κ2) is 15.2. The molecule has 0 aliphatic heterocycles. The molecule has 0 aromatic heterocycles. The van der Waals surface area contributed by atoms with Gasteiger partial charge in [0.25, 0.3) is 8.32 Å². The fourth-order valence-corrected chi connectivity index (χ4v) is 9.49. The van der Waals surface area contributed by atoms with Crippen molar-refractivity contribution >= 4 is 18.7 Å². The summed E-state index contributed by atoms with van der Waals surface area (Å²) in [5, 5.41) is 2.70. The Bertz CT molecular complexity index is 937. The molecule has 0 heterocycles. The first-order valence-electron chi connectivity index (χ1n) is 14.0. The number of allylic oxidation sites excluding steroid dienone is 5. The van der Waals surface area contributed by atoms with E-state index < -0.39 is 8.32 Å². The molecule has 0 radical (unpaired) electrons. The maximum Gasteiger partial charge on any atom is 0.261 e. The van der Waals surface area contributed by atoms with E-state index in [0.29, 0.717) is 6.61 Å². The van der Waals surface area contributed by atoms with Crippen LogP contribution in [-0.2, 0) is 4.43 Å². The van der Waals surface area contributed by atoms with Crippen molar-refractivity contribution in [3.8, 4) is 0 Å². The van der Waals surface area contributed by atoms with Crippen LogP contribution in [0.5, 0.6) is 0 Å². The third-order valence-electron chi connectivity index (χ3n) is 7.41. The highest BCUT2D eigenvalue weighted by Crippen LogP contribution is 2.36. The van der Waals surface area contributed by atoms with Crippen molar-refractivity contribution in [3.05, 3.63) is 95.6 Å². The fourth-order valence-electron chi connectivity index (χ4n) is 5.00. The van der Waals surface area contributed by atoms with Gasteiger partial charge in [-0.15, -0.1) is 0 Å². The second-order valence-electron chi connectivity index (χ2n) is 10.9. The van der Waals surface area contributed by atoms with Gasteiger partial charge in [0, 0.05) is 0 Å². The van der Waals surface area contributed by atoms with Crippen LogP contribution in [0.3, 0.4) is 0 Å². The van der Waals surface area contributed by atoms with E-state index in [9.17, 15) is 0 Å². The number of rotatable bonds is 14. The normalized spacial score (nSPS) is 13.8. The number of benzene rings is 2. The van der Waals surface area contributed by atoms with E-state index in [1.165, 1.54) is 34.4 Å². The van der Waals surface area contributed by atoms with Crippen molar-refractivity contribution in [3.63, 3.8) is 0 Å². The highest BCUT2D eigenvalue weighted by atomic mass is 28.4. The highest BCUT2D eigenvalue weighted by molar-refractivity contribution is 6.99. The van der Waals surface area contributed by atoms with Crippen molar-refractivity contribution in [1.82, 2.24) is 0 Å². The largest absolute Gasteiger partial charge is 0.404 e. The van der Waals surface area contributed by atoms with Gasteiger partial charge in [-0.2, -0.15) is 0 Å². The van der Waals surface area contributed by atoms with Gasteiger partial charge < -0.3 is 4.43 Å². The quantitative estimate of drug-likeness (QED) is 0.185. The molecule has 2 aromatic rings. The number of hydrogen-bond donors (Lipinski definition) is 0. The predicted octanol–water partition coefficient (Wildman–Crippen LogP) is 9.15. The average Bonchev–Trinajstić information content (AvgIpc) is 2.89. The zero-order chi connectivity index (χ0) is 26.4. The van der Waals surface area contributed by atoms with Gasteiger partial charge in [-0.3, -0.25) is 0 Å². The minimum absolute atomic E-state index is 0.0132. The van der Waals surface area contributed by atoms with E-state index in [0.717, 1.165) is 32.1 Å². The van der Waals surface area contributed by atoms with Gasteiger partial charge in [0.05, 0.1) is 6.61 Å². The first kappa shape index (κ1) is 30.1. The minimum atomic E-state index is -2.47. The molecular weight excluding hydrogens is 452 g/mol. The van der Waals surface area contributed by atoms with Crippen LogP contribution in [0.15, 0.2) is 95.6 Å². The third-order valence-corrected chi connectivity index (χ3v) is 12.4. The van der Waals surface area contributed by atoms with Crippen LogP contribution in [-0.4, -0.2) is 14.9 Å². The van der Waals surface area contributed by atoms with Gasteiger partial charge in [0.1, 0.15) is 0 Å². The van der Waals surface area contributed by atoms with Crippen LogP contribution in [0, 0.1) is 0 Å². The summed E-state index contributed by atoms with van der Waals surface area (Å²) in [6.07, 6.45) is 15.3. The molecule has 0 saturated heterocycles. The first-order chi connectivity index (χ1) is 17.3. The molecule has 0 atom stereocenters. The molecule has 196 valence electrons. The van der Waals surface area contributed by atoms with E-state index in [-0.39, 0.29) is 5.04 Å². The second-order valence-corrected chi connectivity index (χ2v) is 15.2. The lowest BCUT2D eigenvalue weighted by atomic mass is 10.0. The predicted molar refractivity (Wildman–Crippen MR) is 163 cm³/mol. The van der Waals surface area contributed by atoms with Crippen LogP contribution in [0.4, 0.5) is 0 Å². The van der Waals surface area contributed by atoms with E-state index >= 15 is 0 Å². The zero-order valence-corrected chi connectivity index (χ0v) is 25.1. The van der Waals surface area contributed by atoms with Crippen LogP contribution in [0.25, 0.3) is 0 Å². The zero-order valence-electron chi connectivity index (χ0n) is 24.1. The Morgan fingerprint density at radius 2 is 1.17 bits per heavy atom. The van der Waals surface area contributed by atoms with Crippen molar-refractivity contribution in [2.45, 2.75) is 98.5 Å². The Kier molecular flexibility index (Phi) is 12.7. The molecule has 2 aromatic carbocycles. The lowest BCUT2D eigenvalue weighted by Gasteiger charge is -2.42. The Morgan fingerprint density at radius 1 is 0.694 bits per heavy atom. The summed E-state index contributed by atoms with van der Waals surface area (Å²) in [4.78, 5) is 0. The molecule has 0 aliphatic rings. The Morgan fingerprint density at radius 3 is 1.61 bits per heavy atom. The first-order valence-corrected chi connectivity index (χ1v) is 16.0. The third kappa shape index (κ3) is 8.46. The highest BCUT2D eigenvalue weighted by Gasteiger charge is 2.49. The maximum absolute atomic E-state index is 7.07. The lowest BCUT2D eigenvalue weighted by molar-refractivity contribution is 0.338. The monoisotopic (exact) mass is 502 g/mol. The molecule has 0 amide bonds. The van der Waals surface area contributed by atoms with Crippen LogP contribution in [0.2, 0.25) is 5.04 Å². The standard InChI is InChI=1S/C34H50OSi/c1-8-29(4)19-17-20-30(9-2)21-18-22-31(10-3)27-28-35-36(34(5,6)7,32-23-13-11-14-24-32)33-25-15-12-16-26-33/h11-16,19,21,23-27H,8-10,17-18,20,22,28H2,1-7H3/b29-19-,30-21+,31-27+. The molecule has 2 rings (SSSR count). The van der Waals surface area contributed by atoms with Crippen molar-refractivity contribution in [2.24, 2.45) is 0 Å². The molecule has 0 fully saturated rings. The summed E-state index contributed by atoms with van der Waals surface area (Å²) in [5.41, 5.74) is 4.60. The van der Waals surface area contributed by atoms with Gasteiger partial charge in [-0.25, -0.2) is 0 Å². The summed E-state index contributed by atoms with van der Waals surface area (Å²) in [7, 11) is -2.47. The molecule has 0 saturated carbocycles. The molecule has 0 unspecified atom stereocenters. The van der Waals surface area contributed by atoms with E-state index in [1.807, 2.05) is 0 Å². The maximum atomic E-state index is 7.07. The van der Waals surface area contributed by atoms with Crippen LogP contribution in [0.1, 0.15) is 93.4 Å². The van der Waals surface area contributed by atoms with Gasteiger partial charge in [-0.05, 0) is 67.3 Å². The van der Waals surface area contributed by atoms with Gasteiger partial charge in [0.2, 0.25) is 0 Å². The Balaban J connectivity index is 2.17. The molecule has 1 nitrogen and oxygen atoms in total. The molecule has 0 N–H and O–H groups in total. The van der Waals surface area contributed by atoms with Gasteiger partial charge in [-0.1, -0.05) is 137 Å². The number of hydrogen-bond acceptors (Lipinski definition) is 1. The van der Waals surface area contributed by atoms with Crippen LogP contribution < -0.4 is 10.4 Å². The molecule has 0 spiro atoms. The summed E-state index contributed by atoms with van der Waals surface area (Å²) < 4.78 is 7.07. The van der Waals surface area contributed by atoms with Crippen molar-refractivity contribution in [2.75, 3.05) is 6.61 Å². The SMILES string of the molecule is CC/C(C)=C\CC/C(=C/CC/C(=C/CO[Si](c1ccccc1)(c1ccccc1)C(C)(C)C)CC)CC. The summed E-state index contributed by atoms with van der Waals surface area (Å²) >= 11 is 0. The smallest absolute Gasteiger partial charge is 0.261 e. The molecule has 0 bridgehead atoms. The van der Waals surface area contributed by atoms with E-state index in [4.69, 9.17) is 4.43 Å². The van der Waals surface area contributed by atoms with Crippen LogP contribution >= 0.6 is 0 Å². The molecule has 0 aliphatic carbocycles. The molecule has 2 heteroatoms. The fraction of sp³-hybridized carbons (Fsp3) is 0.471. The van der Waals surface area contributed by atoms with Crippen molar-refractivity contribution in [1.29, 1.82) is 0 Å². The van der Waals surface area contributed by atoms with Gasteiger partial charge in [0.15, 0.2) is 0 Å². The molecular formula is C34H50OSi. The Labute approximate surface area is 223 Å². The minimum Gasteiger partial charge on any atom is -0.404 e.